The minimum atomic E-state index is -0.196. The second-order valence-corrected chi connectivity index (χ2v) is 6.07. The van der Waals surface area contributed by atoms with Crippen LogP contribution in [-0.2, 0) is 4.74 Å². The summed E-state index contributed by atoms with van der Waals surface area (Å²) < 4.78 is 6.58. The van der Waals surface area contributed by atoms with Gasteiger partial charge in [0.15, 0.2) is 0 Å². The highest BCUT2D eigenvalue weighted by atomic mass is 16.5. The van der Waals surface area contributed by atoms with E-state index < -0.39 is 0 Å². The Kier molecular flexibility index (Phi) is 5.33. The van der Waals surface area contributed by atoms with E-state index in [0.29, 0.717) is 17.9 Å². The van der Waals surface area contributed by atoms with Crippen molar-refractivity contribution in [2.75, 3.05) is 13.7 Å². The molecule has 2 aromatic heterocycles. The third kappa shape index (κ3) is 4.09. The summed E-state index contributed by atoms with van der Waals surface area (Å²) in [4.78, 5) is 17.1. The van der Waals surface area contributed by atoms with Crippen molar-refractivity contribution in [3.05, 3.63) is 54.0 Å². The van der Waals surface area contributed by atoms with Gasteiger partial charge in [0.1, 0.15) is 6.33 Å². The Hall–Kier alpha value is -3.13. The molecular formula is C18H20N6O2. The summed E-state index contributed by atoms with van der Waals surface area (Å²) in [6.45, 7) is 4.30. The predicted octanol–water partition coefficient (Wildman–Crippen LogP) is 1.80. The lowest BCUT2D eigenvalue weighted by molar-refractivity contribution is 0.0905. The number of tetrazole rings is 1. The molecule has 0 aliphatic heterocycles. The maximum atomic E-state index is 12.6. The number of ether oxygens (including phenoxy) is 1. The van der Waals surface area contributed by atoms with Crippen molar-refractivity contribution in [1.82, 2.24) is 30.5 Å². The lowest BCUT2D eigenvalue weighted by Gasteiger charge is -2.14. The molecule has 1 amide bonds. The number of methoxy groups -OCH3 is 1. The molecule has 1 atom stereocenters. The van der Waals surface area contributed by atoms with Crippen molar-refractivity contribution >= 4 is 5.91 Å². The zero-order valence-electron chi connectivity index (χ0n) is 14.9. The van der Waals surface area contributed by atoms with Gasteiger partial charge >= 0.3 is 0 Å². The molecule has 8 nitrogen and oxygen atoms in total. The highest BCUT2D eigenvalue weighted by Gasteiger charge is 2.14. The standard InChI is InChI=1S/C18H20N6O2/c1-12-4-5-17(19-9-12)14-6-15(18(25)21-13(2)10-26-3)8-16(7-14)24-11-20-22-23-24/h4-9,11,13H,10H2,1-3H3,(H,21,25)/t13-/m1/s1. The van der Waals surface area contributed by atoms with Crippen LogP contribution in [-0.4, -0.2) is 50.9 Å². The van der Waals surface area contributed by atoms with Gasteiger partial charge in [-0.3, -0.25) is 9.78 Å². The number of amides is 1. The van der Waals surface area contributed by atoms with E-state index in [4.69, 9.17) is 4.74 Å². The van der Waals surface area contributed by atoms with Crippen LogP contribution in [0.25, 0.3) is 16.9 Å². The first-order chi connectivity index (χ1) is 12.6. The molecule has 26 heavy (non-hydrogen) atoms. The summed E-state index contributed by atoms with van der Waals surface area (Å²) in [6, 6.07) is 9.23. The van der Waals surface area contributed by atoms with Crippen molar-refractivity contribution in [2.45, 2.75) is 19.9 Å². The fraction of sp³-hybridized carbons (Fsp3) is 0.278. The molecule has 0 fully saturated rings. The van der Waals surface area contributed by atoms with Crippen molar-refractivity contribution in [3.8, 4) is 16.9 Å². The number of aromatic nitrogens is 5. The average Bonchev–Trinajstić information content (AvgIpc) is 3.17. The van der Waals surface area contributed by atoms with Gasteiger partial charge in [-0.25, -0.2) is 4.68 Å². The number of carbonyl (C=O) groups is 1. The molecule has 0 saturated heterocycles. The fourth-order valence-corrected chi connectivity index (χ4v) is 2.54. The van der Waals surface area contributed by atoms with Gasteiger partial charge in [-0.2, -0.15) is 0 Å². The number of hydrogen-bond acceptors (Lipinski definition) is 6. The Morgan fingerprint density at radius 2 is 2.15 bits per heavy atom. The van der Waals surface area contributed by atoms with E-state index in [2.05, 4.69) is 25.8 Å². The SMILES string of the molecule is COC[C@@H](C)NC(=O)c1cc(-c2ccc(C)cn2)cc(-n2cnnn2)c1. The molecule has 3 aromatic rings. The fourth-order valence-electron chi connectivity index (χ4n) is 2.54. The van der Waals surface area contributed by atoms with Gasteiger partial charge in [0.2, 0.25) is 0 Å². The highest BCUT2D eigenvalue weighted by Crippen LogP contribution is 2.23. The maximum absolute atomic E-state index is 12.6. The van der Waals surface area contributed by atoms with Gasteiger partial charge < -0.3 is 10.1 Å². The topological polar surface area (TPSA) is 94.8 Å². The van der Waals surface area contributed by atoms with Crippen LogP contribution in [0.2, 0.25) is 0 Å². The summed E-state index contributed by atoms with van der Waals surface area (Å²) in [5.41, 5.74) is 3.82. The van der Waals surface area contributed by atoms with E-state index in [1.165, 1.54) is 11.0 Å². The largest absolute Gasteiger partial charge is 0.383 e. The minimum absolute atomic E-state index is 0.106. The van der Waals surface area contributed by atoms with Gasteiger partial charge in [-0.05, 0) is 54.1 Å². The molecule has 0 radical (unpaired) electrons. The molecule has 2 heterocycles. The summed E-state index contributed by atoms with van der Waals surface area (Å²) in [5.74, 6) is -0.196. The van der Waals surface area contributed by atoms with Crippen LogP contribution in [0.15, 0.2) is 42.9 Å². The van der Waals surface area contributed by atoms with E-state index in [0.717, 1.165) is 16.8 Å². The molecule has 8 heteroatoms. The first-order valence-electron chi connectivity index (χ1n) is 8.18. The van der Waals surface area contributed by atoms with Crippen molar-refractivity contribution < 1.29 is 9.53 Å². The molecule has 0 unspecified atom stereocenters. The minimum Gasteiger partial charge on any atom is -0.383 e. The monoisotopic (exact) mass is 352 g/mol. The Labute approximate surface area is 151 Å². The van der Waals surface area contributed by atoms with Gasteiger partial charge in [-0.15, -0.1) is 5.10 Å². The zero-order valence-corrected chi connectivity index (χ0v) is 14.9. The number of benzene rings is 1. The Balaban J connectivity index is 2.00. The van der Waals surface area contributed by atoms with Crippen molar-refractivity contribution in [2.24, 2.45) is 0 Å². The molecule has 134 valence electrons. The number of carbonyl (C=O) groups excluding carboxylic acids is 1. The van der Waals surface area contributed by atoms with Gasteiger partial charge in [0.05, 0.1) is 18.0 Å². The van der Waals surface area contributed by atoms with E-state index in [1.807, 2.05) is 32.0 Å². The summed E-state index contributed by atoms with van der Waals surface area (Å²) >= 11 is 0. The summed E-state index contributed by atoms with van der Waals surface area (Å²) in [5, 5.41) is 14.1. The molecule has 0 saturated carbocycles. The van der Waals surface area contributed by atoms with Crippen LogP contribution in [0.3, 0.4) is 0 Å². The summed E-state index contributed by atoms with van der Waals surface area (Å²) in [7, 11) is 1.60. The Bertz CT molecular complexity index is 877. The highest BCUT2D eigenvalue weighted by molar-refractivity contribution is 5.96. The van der Waals surface area contributed by atoms with Crippen LogP contribution in [0.1, 0.15) is 22.8 Å². The first kappa shape index (κ1) is 17.7. The second kappa shape index (κ2) is 7.83. The normalized spacial score (nSPS) is 12.0. The number of hydrogen-bond donors (Lipinski definition) is 1. The van der Waals surface area contributed by atoms with E-state index in [1.54, 1.807) is 25.4 Å². The van der Waals surface area contributed by atoms with Gasteiger partial charge in [0.25, 0.3) is 5.91 Å². The lowest BCUT2D eigenvalue weighted by Crippen LogP contribution is -2.35. The molecule has 1 N–H and O–H groups in total. The average molecular weight is 352 g/mol. The molecule has 0 bridgehead atoms. The molecule has 3 rings (SSSR count). The van der Waals surface area contributed by atoms with Crippen LogP contribution in [0.4, 0.5) is 0 Å². The Morgan fingerprint density at radius 3 is 2.81 bits per heavy atom. The van der Waals surface area contributed by atoms with E-state index in [9.17, 15) is 4.79 Å². The molecule has 0 spiro atoms. The number of rotatable bonds is 6. The van der Waals surface area contributed by atoms with Crippen LogP contribution in [0.5, 0.6) is 0 Å². The zero-order chi connectivity index (χ0) is 18.5. The Morgan fingerprint density at radius 1 is 1.31 bits per heavy atom. The van der Waals surface area contributed by atoms with Crippen molar-refractivity contribution in [3.63, 3.8) is 0 Å². The number of nitrogens with zero attached hydrogens (tertiary/aromatic N) is 5. The van der Waals surface area contributed by atoms with Crippen LogP contribution >= 0.6 is 0 Å². The smallest absolute Gasteiger partial charge is 0.251 e. The number of pyridine rings is 1. The quantitative estimate of drug-likeness (QED) is 0.727. The maximum Gasteiger partial charge on any atom is 0.251 e. The van der Waals surface area contributed by atoms with Crippen LogP contribution in [0, 0.1) is 6.92 Å². The third-order valence-electron chi connectivity index (χ3n) is 3.79. The van der Waals surface area contributed by atoms with Crippen LogP contribution < -0.4 is 5.32 Å². The second-order valence-electron chi connectivity index (χ2n) is 6.07. The third-order valence-corrected chi connectivity index (χ3v) is 3.79. The van der Waals surface area contributed by atoms with Crippen molar-refractivity contribution in [1.29, 1.82) is 0 Å². The van der Waals surface area contributed by atoms with Gasteiger partial charge in [0, 0.05) is 30.5 Å². The van der Waals surface area contributed by atoms with E-state index >= 15 is 0 Å². The van der Waals surface area contributed by atoms with Gasteiger partial charge in [-0.1, -0.05) is 6.07 Å². The molecule has 0 aliphatic carbocycles. The lowest BCUT2D eigenvalue weighted by atomic mass is 10.0. The van der Waals surface area contributed by atoms with E-state index in [-0.39, 0.29) is 11.9 Å². The number of aryl methyl sites for hydroxylation is 1. The molecule has 1 aromatic carbocycles. The molecule has 0 aliphatic rings. The predicted molar refractivity (Wildman–Crippen MR) is 95.9 cm³/mol. The first-order valence-corrected chi connectivity index (χ1v) is 8.18. The molecular weight excluding hydrogens is 332 g/mol. The number of nitrogens with one attached hydrogen (secondary N) is 1. The summed E-state index contributed by atoms with van der Waals surface area (Å²) in [6.07, 6.45) is 3.27.